The largest absolute Gasteiger partial charge is 0.0741 e. The van der Waals surface area contributed by atoms with E-state index in [1.165, 1.54) is 12.8 Å². The Kier molecular flexibility index (Phi) is 1.41. The average Bonchev–Trinajstić information content (AvgIpc) is 1.98. The van der Waals surface area contributed by atoms with E-state index >= 15 is 0 Å². The Morgan fingerprint density at radius 1 is 1.38 bits per heavy atom. The van der Waals surface area contributed by atoms with Gasteiger partial charge in [0.05, 0.1) is 0 Å². The van der Waals surface area contributed by atoms with Crippen LogP contribution in [0.5, 0.6) is 0 Å². The van der Waals surface area contributed by atoms with Crippen LogP contribution < -0.4 is 0 Å². The van der Waals surface area contributed by atoms with Crippen LogP contribution in [0.1, 0.15) is 33.6 Å². The van der Waals surface area contributed by atoms with Crippen LogP contribution in [-0.2, 0) is 0 Å². The monoisotopic (exact) mass is 110 g/mol. The second-order valence-electron chi connectivity index (χ2n) is 2.90. The molecule has 0 spiro atoms. The van der Waals surface area contributed by atoms with Gasteiger partial charge in [0.15, 0.2) is 0 Å². The van der Waals surface area contributed by atoms with E-state index in [-0.39, 0.29) is 0 Å². The molecule has 1 aliphatic rings. The van der Waals surface area contributed by atoms with Crippen molar-refractivity contribution < 1.29 is 0 Å². The summed E-state index contributed by atoms with van der Waals surface area (Å²) in [5, 5.41) is 0. The molecule has 0 heterocycles. The molecule has 46 valence electrons. The zero-order valence-corrected chi connectivity index (χ0v) is 5.99. The highest BCUT2D eigenvalue weighted by Gasteiger charge is 2.13. The molecule has 0 saturated heterocycles. The van der Waals surface area contributed by atoms with Crippen molar-refractivity contribution in [2.24, 2.45) is 5.92 Å². The summed E-state index contributed by atoms with van der Waals surface area (Å²) in [7, 11) is 0. The van der Waals surface area contributed by atoms with Crippen LogP contribution in [0.25, 0.3) is 0 Å². The second kappa shape index (κ2) is 1.93. The summed E-state index contributed by atoms with van der Waals surface area (Å²) in [5.41, 5.74) is 3.25. The molecular weight excluding hydrogens is 96.1 g/mol. The molecule has 0 aromatic carbocycles. The minimum Gasteiger partial charge on any atom is -0.0741 e. The van der Waals surface area contributed by atoms with E-state index in [0.29, 0.717) is 0 Å². The van der Waals surface area contributed by atoms with E-state index in [9.17, 15) is 0 Å². The minimum atomic E-state index is 0.870. The number of hydrogen-bond donors (Lipinski definition) is 0. The van der Waals surface area contributed by atoms with Crippen molar-refractivity contribution in [3.63, 3.8) is 0 Å². The highest BCUT2D eigenvalue weighted by Crippen LogP contribution is 2.30. The van der Waals surface area contributed by atoms with Gasteiger partial charge in [-0.3, -0.25) is 0 Å². The van der Waals surface area contributed by atoms with Gasteiger partial charge in [0, 0.05) is 0 Å². The van der Waals surface area contributed by atoms with E-state index in [1.54, 1.807) is 11.1 Å². The first-order valence-electron chi connectivity index (χ1n) is 3.38. The molecule has 0 aliphatic heterocycles. The van der Waals surface area contributed by atoms with E-state index in [4.69, 9.17) is 0 Å². The lowest BCUT2D eigenvalue weighted by molar-refractivity contribution is 0.669. The summed E-state index contributed by atoms with van der Waals surface area (Å²) in [4.78, 5) is 0. The van der Waals surface area contributed by atoms with Crippen LogP contribution >= 0.6 is 0 Å². The van der Waals surface area contributed by atoms with E-state index < -0.39 is 0 Å². The Bertz CT molecular complexity index is 120. The molecule has 0 aromatic heterocycles. The Morgan fingerprint density at radius 2 is 2.00 bits per heavy atom. The van der Waals surface area contributed by atoms with Gasteiger partial charge < -0.3 is 0 Å². The zero-order valence-electron chi connectivity index (χ0n) is 5.99. The summed E-state index contributed by atoms with van der Waals surface area (Å²) in [6.45, 7) is 6.82. The molecule has 0 amide bonds. The first-order valence-corrected chi connectivity index (χ1v) is 3.38. The fraction of sp³-hybridized carbons (Fsp3) is 0.750. The van der Waals surface area contributed by atoms with Gasteiger partial charge in [0.1, 0.15) is 0 Å². The molecule has 0 radical (unpaired) electrons. The smallest absolute Gasteiger partial charge is 0.0229 e. The van der Waals surface area contributed by atoms with Crippen molar-refractivity contribution in [3.05, 3.63) is 11.1 Å². The SMILES string of the molecule is CC1=C(C)[C@@H](C)CC1. The number of allylic oxidation sites excluding steroid dienone is 2. The Balaban J connectivity index is 2.71. The predicted molar refractivity (Wildman–Crippen MR) is 36.8 cm³/mol. The summed E-state index contributed by atoms with van der Waals surface area (Å²) < 4.78 is 0. The van der Waals surface area contributed by atoms with Crippen LogP contribution in [0.3, 0.4) is 0 Å². The molecule has 8 heavy (non-hydrogen) atoms. The summed E-state index contributed by atoms with van der Waals surface area (Å²) >= 11 is 0. The lowest BCUT2D eigenvalue weighted by Crippen LogP contribution is -1.86. The molecular formula is C8H14. The molecule has 0 nitrogen and oxygen atoms in total. The first-order chi connectivity index (χ1) is 3.72. The maximum atomic E-state index is 2.31. The van der Waals surface area contributed by atoms with Crippen molar-refractivity contribution >= 4 is 0 Å². The van der Waals surface area contributed by atoms with Gasteiger partial charge >= 0.3 is 0 Å². The molecule has 0 bridgehead atoms. The summed E-state index contributed by atoms with van der Waals surface area (Å²) in [6, 6.07) is 0. The third-order valence-corrected chi connectivity index (χ3v) is 2.36. The average molecular weight is 110 g/mol. The molecule has 1 aliphatic carbocycles. The van der Waals surface area contributed by atoms with Crippen LogP contribution in [0, 0.1) is 5.92 Å². The molecule has 0 unspecified atom stereocenters. The zero-order chi connectivity index (χ0) is 6.15. The van der Waals surface area contributed by atoms with Crippen molar-refractivity contribution in [1.29, 1.82) is 0 Å². The molecule has 0 heteroatoms. The number of hydrogen-bond acceptors (Lipinski definition) is 0. The highest BCUT2D eigenvalue weighted by atomic mass is 14.2. The molecule has 0 saturated carbocycles. The lowest BCUT2D eigenvalue weighted by atomic mass is 10.1. The Morgan fingerprint density at radius 3 is 2.12 bits per heavy atom. The van der Waals surface area contributed by atoms with E-state index in [2.05, 4.69) is 20.8 Å². The van der Waals surface area contributed by atoms with Crippen LogP contribution in [-0.4, -0.2) is 0 Å². The second-order valence-corrected chi connectivity index (χ2v) is 2.90. The third-order valence-electron chi connectivity index (χ3n) is 2.36. The molecule has 1 atom stereocenters. The van der Waals surface area contributed by atoms with Crippen molar-refractivity contribution in [2.75, 3.05) is 0 Å². The lowest BCUT2D eigenvalue weighted by Gasteiger charge is -2.00. The molecule has 0 aromatic rings. The van der Waals surface area contributed by atoms with Gasteiger partial charge in [-0.2, -0.15) is 0 Å². The highest BCUT2D eigenvalue weighted by molar-refractivity contribution is 5.17. The molecule has 1 rings (SSSR count). The molecule has 0 fully saturated rings. The van der Waals surface area contributed by atoms with Gasteiger partial charge in [0.25, 0.3) is 0 Å². The normalized spacial score (nSPS) is 29.6. The Labute approximate surface area is 51.6 Å². The van der Waals surface area contributed by atoms with E-state index in [1.807, 2.05) is 0 Å². The van der Waals surface area contributed by atoms with Gasteiger partial charge in [-0.15, -0.1) is 0 Å². The van der Waals surface area contributed by atoms with Crippen molar-refractivity contribution in [1.82, 2.24) is 0 Å². The van der Waals surface area contributed by atoms with E-state index in [0.717, 1.165) is 5.92 Å². The Hall–Kier alpha value is -0.260. The molecule has 0 N–H and O–H groups in total. The summed E-state index contributed by atoms with van der Waals surface area (Å²) in [5.74, 6) is 0.870. The first kappa shape index (κ1) is 5.87. The standard InChI is InChI=1S/C8H14/c1-6-4-5-7(2)8(6)3/h6H,4-5H2,1-3H3/t6-/m0/s1. The van der Waals surface area contributed by atoms with Crippen LogP contribution in [0.2, 0.25) is 0 Å². The van der Waals surface area contributed by atoms with Gasteiger partial charge in [-0.25, -0.2) is 0 Å². The maximum Gasteiger partial charge on any atom is -0.0229 e. The minimum absolute atomic E-state index is 0.870. The van der Waals surface area contributed by atoms with Crippen molar-refractivity contribution in [3.8, 4) is 0 Å². The third kappa shape index (κ3) is 0.795. The van der Waals surface area contributed by atoms with Gasteiger partial charge in [-0.05, 0) is 32.6 Å². The van der Waals surface area contributed by atoms with Crippen molar-refractivity contribution in [2.45, 2.75) is 33.6 Å². The number of rotatable bonds is 0. The topological polar surface area (TPSA) is 0 Å². The van der Waals surface area contributed by atoms with Gasteiger partial charge in [-0.1, -0.05) is 18.1 Å². The van der Waals surface area contributed by atoms with Gasteiger partial charge in [0.2, 0.25) is 0 Å². The van der Waals surface area contributed by atoms with Crippen LogP contribution in [0.15, 0.2) is 11.1 Å². The quantitative estimate of drug-likeness (QED) is 0.420. The fourth-order valence-electron chi connectivity index (χ4n) is 1.27. The maximum absolute atomic E-state index is 2.31. The fourth-order valence-corrected chi connectivity index (χ4v) is 1.27. The summed E-state index contributed by atoms with van der Waals surface area (Å²) in [6.07, 6.45) is 2.73. The van der Waals surface area contributed by atoms with Crippen LogP contribution in [0.4, 0.5) is 0 Å². The predicted octanol–water partition coefficient (Wildman–Crippen LogP) is 2.75.